The molecule has 0 bridgehead atoms. The summed E-state index contributed by atoms with van der Waals surface area (Å²) in [6.07, 6.45) is 0. The Hall–Kier alpha value is -2.43. The van der Waals surface area contributed by atoms with Gasteiger partial charge in [0.15, 0.2) is 0 Å². The van der Waals surface area contributed by atoms with Crippen molar-refractivity contribution < 1.29 is 12.8 Å². The summed E-state index contributed by atoms with van der Waals surface area (Å²) in [5.41, 5.74) is 6.57. The van der Waals surface area contributed by atoms with Crippen LogP contribution < -0.4 is 10.5 Å². The summed E-state index contributed by atoms with van der Waals surface area (Å²) in [5, 5.41) is 8.79. The standard InChI is InChI=1S/C14H12FN3O2S/c15-12-4-5-13(17)14(7-12)21(19,20)18-9-11-3-1-2-10(6-11)8-16/h1-7,18H,9,17H2. The number of nitrogens with one attached hydrogen (secondary N) is 1. The largest absolute Gasteiger partial charge is 0.398 e. The SMILES string of the molecule is N#Cc1cccc(CNS(=O)(=O)c2cc(F)ccc2N)c1. The summed E-state index contributed by atoms with van der Waals surface area (Å²) in [6.45, 7) is -0.0200. The Morgan fingerprint density at radius 2 is 2.00 bits per heavy atom. The van der Waals surface area contributed by atoms with Crippen molar-refractivity contribution in [2.24, 2.45) is 0 Å². The van der Waals surface area contributed by atoms with Crippen molar-refractivity contribution in [2.75, 3.05) is 5.73 Å². The Balaban J connectivity index is 2.22. The molecule has 0 aliphatic heterocycles. The van der Waals surface area contributed by atoms with E-state index in [9.17, 15) is 12.8 Å². The van der Waals surface area contributed by atoms with E-state index in [1.165, 1.54) is 6.07 Å². The van der Waals surface area contributed by atoms with E-state index in [0.29, 0.717) is 11.1 Å². The zero-order valence-corrected chi connectivity index (χ0v) is 11.7. The zero-order valence-electron chi connectivity index (χ0n) is 10.9. The van der Waals surface area contributed by atoms with Crippen molar-refractivity contribution >= 4 is 15.7 Å². The van der Waals surface area contributed by atoms with Gasteiger partial charge in [-0.1, -0.05) is 12.1 Å². The first-order chi connectivity index (χ1) is 9.92. The van der Waals surface area contributed by atoms with Crippen LogP contribution in [0.5, 0.6) is 0 Å². The maximum Gasteiger partial charge on any atom is 0.243 e. The Morgan fingerprint density at radius 3 is 2.71 bits per heavy atom. The predicted octanol–water partition coefficient (Wildman–Crippen LogP) is 1.76. The van der Waals surface area contributed by atoms with Crippen molar-refractivity contribution in [3.8, 4) is 6.07 Å². The van der Waals surface area contributed by atoms with Gasteiger partial charge in [0, 0.05) is 6.54 Å². The van der Waals surface area contributed by atoms with Crippen molar-refractivity contribution in [2.45, 2.75) is 11.4 Å². The highest BCUT2D eigenvalue weighted by Gasteiger charge is 2.18. The minimum absolute atomic E-state index is 0.0200. The quantitative estimate of drug-likeness (QED) is 0.841. The van der Waals surface area contributed by atoms with E-state index in [4.69, 9.17) is 11.0 Å². The number of anilines is 1. The Bertz CT molecular complexity index is 813. The van der Waals surface area contributed by atoms with Crippen molar-refractivity contribution in [1.82, 2.24) is 4.72 Å². The van der Waals surface area contributed by atoms with Gasteiger partial charge >= 0.3 is 0 Å². The number of halogens is 1. The third-order valence-electron chi connectivity index (χ3n) is 2.79. The number of sulfonamides is 1. The number of rotatable bonds is 4. The molecule has 0 saturated carbocycles. The summed E-state index contributed by atoms with van der Waals surface area (Å²) >= 11 is 0. The smallest absolute Gasteiger partial charge is 0.243 e. The van der Waals surface area contributed by atoms with Crippen molar-refractivity contribution in [3.63, 3.8) is 0 Å². The van der Waals surface area contributed by atoms with Gasteiger partial charge in [-0.3, -0.25) is 0 Å². The number of nitrogen functional groups attached to an aromatic ring is 1. The summed E-state index contributed by atoms with van der Waals surface area (Å²) in [7, 11) is -3.93. The minimum atomic E-state index is -3.93. The first kappa shape index (κ1) is 15.0. The van der Waals surface area contributed by atoms with Gasteiger partial charge in [0.05, 0.1) is 17.3 Å². The predicted molar refractivity (Wildman–Crippen MR) is 76.0 cm³/mol. The van der Waals surface area contributed by atoms with Crippen LogP contribution in [0.3, 0.4) is 0 Å². The third-order valence-corrected chi connectivity index (χ3v) is 4.24. The van der Waals surface area contributed by atoms with E-state index in [0.717, 1.165) is 12.1 Å². The van der Waals surface area contributed by atoms with Crippen LogP contribution in [0, 0.1) is 17.1 Å². The molecule has 0 amide bonds. The van der Waals surface area contributed by atoms with E-state index in [1.54, 1.807) is 24.3 Å². The maximum atomic E-state index is 13.2. The van der Waals surface area contributed by atoms with E-state index in [-0.39, 0.29) is 17.1 Å². The molecule has 2 aromatic rings. The fraction of sp³-hybridized carbons (Fsp3) is 0.0714. The molecule has 0 unspecified atom stereocenters. The van der Waals surface area contributed by atoms with E-state index < -0.39 is 15.8 Å². The summed E-state index contributed by atoms with van der Waals surface area (Å²) < 4.78 is 39.7. The molecule has 5 nitrogen and oxygen atoms in total. The van der Waals surface area contributed by atoms with Gasteiger partial charge < -0.3 is 5.73 Å². The van der Waals surface area contributed by atoms with Gasteiger partial charge in [-0.2, -0.15) is 5.26 Å². The molecule has 108 valence electrons. The lowest BCUT2D eigenvalue weighted by Crippen LogP contribution is -2.24. The first-order valence-corrected chi connectivity index (χ1v) is 7.44. The number of nitriles is 1. The molecular formula is C14H12FN3O2S. The number of hydrogen-bond acceptors (Lipinski definition) is 4. The van der Waals surface area contributed by atoms with Gasteiger partial charge in [0.2, 0.25) is 10.0 Å². The second-order valence-electron chi connectivity index (χ2n) is 4.32. The molecular weight excluding hydrogens is 293 g/mol. The molecule has 2 rings (SSSR count). The molecule has 21 heavy (non-hydrogen) atoms. The highest BCUT2D eigenvalue weighted by Crippen LogP contribution is 2.19. The highest BCUT2D eigenvalue weighted by molar-refractivity contribution is 7.89. The lowest BCUT2D eigenvalue weighted by atomic mass is 10.1. The van der Waals surface area contributed by atoms with Crippen LogP contribution in [0.15, 0.2) is 47.4 Å². The van der Waals surface area contributed by atoms with Gasteiger partial charge in [0.1, 0.15) is 10.7 Å². The molecule has 0 fully saturated rings. The van der Waals surface area contributed by atoms with E-state index >= 15 is 0 Å². The average Bonchev–Trinajstić information content (AvgIpc) is 2.48. The van der Waals surface area contributed by atoms with E-state index in [2.05, 4.69) is 4.72 Å². The second-order valence-corrected chi connectivity index (χ2v) is 6.05. The average molecular weight is 305 g/mol. The first-order valence-electron chi connectivity index (χ1n) is 5.96. The molecule has 7 heteroatoms. The van der Waals surface area contributed by atoms with Crippen LogP contribution in [0.2, 0.25) is 0 Å². The van der Waals surface area contributed by atoms with Crippen LogP contribution in [0.1, 0.15) is 11.1 Å². The highest BCUT2D eigenvalue weighted by atomic mass is 32.2. The Morgan fingerprint density at radius 1 is 1.24 bits per heavy atom. The van der Waals surface area contributed by atoms with Gasteiger partial charge in [-0.25, -0.2) is 17.5 Å². The molecule has 3 N–H and O–H groups in total. The van der Waals surface area contributed by atoms with Crippen molar-refractivity contribution in [3.05, 3.63) is 59.4 Å². The van der Waals surface area contributed by atoms with Crippen molar-refractivity contribution in [1.29, 1.82) is 5.26 Å². The molecule has 0 aliphatic carbocycles. The minimum Gasteiger partial charge on any atom is -0.398 e. The summed E-state index contributed by atoms with van der Waals surface area (Å²) in [5.74, 6) is -0.684. The van der Waals surface area contributed by atoms with Crippen LogP contribution in [-0.4, -0.2) is 8.42 Å². The molecule has 0 heterocycles. The molecule has 0 saturated heterocycles. The second kappa shape index (κ2) is 5.91. The van der Waals surface area contributed by atoms with Crippen LogP contribution in [-0.2, 0) is 16.6 Å². The Labute approximate surface area is 121 Å². The number of benzene rings is 2. The Kier molecular flexibility index (Phi) is 4.21. The zero-order chi connectivity index (χ0) is 15.5. The molecule has 0 atom stereocenters. The van der Waals surface area contributed by atoms with Crippen LogP contribution >= 0.6 is 0 Å². The van der Waals surface area contributed by atoms with Gasteiger partial charge in [-0.15, -0.1) is 0 Å². The number of nitrogens with zero attached hydrogens (tertiary/aromatic N) is 1. The molecule has 0 spiro atoms. The lowest BCUT2D eigenvalue weighted by molar-refractivity contribution is 0.578. The van der Waals surface area contributed by atoms with Gasteiger partial charge in [0.25, 0.3) is 0 Å². The van der Waals surface area contributed by atoms with E-state index in [1.807, 2.05) is 6.07 Å². The van der Waals surface area contributed by atoms with Crippen LogP contribution in [0.25, 0.3) is 0 Å². The number of hydrogen-bond donors (Lipinski definition) is 2. The third kappa shape index (κ3) is 3.56. The fourth-order valence-corrected chi connectivity index (χ4v) is 2.91. The molecule has 2 aromatic carbocycles. The monoisotopic (exact) mass is 305 g/mol. The number of nitrogens with two attached hydrogens (primary N) is 1. The normalized spacial score (nSPS) is 11.0. The van der Waals surface area contributed by atoms with Gasteiger partial charge in [-0.05, 0) is 35.9 Å². The summed E-state index contributed by atoms with van der Waals surface area (Å²) in [4.78, 5) is -0.307. The maximum absolute atomic E-state index is 13.2. The molecule has 0 aliphatic rings. The van der Waals surface area contributed by atoms with Crippen LogP contribution in [0.4, 0.5) is 10.1 Å². The fourth-order valence-electron chi connectivity index (χ4n) is 1.75. The summed E-state index contributed by atoms with van der Waals surface area (Å²) in [6, 6.07) is 11.6. The topological polar surface area (TPSA) is 96.0 Å². The molecule has 0 aromatic heterocycles. The molecule has 0 radical (unpaired) electrons. The lowest BCUT2D eigenvalue weighted by Gasteiger charge is -2.09.